The van der Waals surface area contributed by atoms with E-state index in [1.807, 2.05) is 6.07 Å². The zero-order chi connectivity index (χ0) is 15.2. The Morgan fingerprint density at radius 1 is 1.10 bits per heavy atom. The molecule has 1 aliphatic rings. The van der Waals surface area contributed by atoms with Crippen molar-refractivity contribution in [3.05, 3.63) is 23.8 Å². The van der Waals surface area contributed by atoms with Crippen molar-refractivity contribution in [2.45, 2.75) is 37.9 Å². The van der Waals surface area contributed by atoms with E-state index in [9.17, 15) is 4.79 Å². The lowest BCUT2D eigenvalue weighted by Gasteiger charge is -2.18. The minimum absolute atomic E-state index is 0.0272. The van der Waals surface area contributed by atoms with Gasteiger partial charge in [-0.25, -0.2) is 0 Å². The highest BCUT2D eigenvalue weighted by atomic mass is 16.6. The second kappa shape index (κ2) is 7.31. The monoisotopic (exact) mass is 294 g/mol. The second-order valence-electron chi connectivity index (χ2n) is 5.10. The zero-order valence-corrected chi connectivity index (χ0v) is 12.8. The molecule has 1 aromatic carbocycles. The summed E-state index contributed by atoms with van der Waals surface area (Å²) in [7, 11) is 4.81. The first-order valence-corrected chi connectivity index (χ1v) is 7.11. The summed E-state index contributed by atoms with van der Waals surface area (Å²) in [5.41, 5.74) is 0.838. The first-order valence-electron chi connectivity index (χ1n) is 7.11. The van der Waals surface area contributed by atoms with Crippen LogP contribution in [0.25, 0.3) is 0 Å². The lowest BCUT2D eigenvalue weighted by molar-refractivity contribution is -0.153. The van der Waals surface area contributed by atoms with Crippen LogP contribution in [0.3, 0.4) is 0 Å². The third kappa shape index (κ3) is 3.88. The Morgan fingerprint density at radius 3 is 2.48 bits per heavy atom. The largest absolute Gasteiger partial charge is 0.493 e. The van der Waals surface area contributed by atoms with E-state index < -0.39 is 0 Å². The highest BCUT2D eigenvalue weighted by Gasteiger charge is 2.30. The quantitative estimate of drug-likeness (QED) is 0.754. The van der Waals surface area contributed by atoms with Crippen LogP contribution < -0.4 is 9.47 Å². The van der Waals surface area contributed by atoms with Gasteiger partial charge in [0.15, 0.2) is 11.5 Å². The molecule has 0 saturated heterocycles. The molecular formula is C16H22O5. The first kappa shape index (κ1) is 15.6. The standard InChI is InChI=1S/C16H22O5/c1-18-12-5-4-6-14(12)21-16(17)10-11-7-8-13(19-2)15(9-11)20-3/h7-9,12,14H,4-6,10H2,1-3H3/t12-,14+/m1/s1. The van der Waals surface area contributed by atoms with Gasteiger partial charge >= 0.3 is 5.97 Å². The molecule has 0 N–H and O–H groups in total. The molecule has 0 radical (unpaired) electrons. The predicted octanol–water partition coefficient (Wildman–Crippen LogP) is 2.36. The number of benzene rings is 1. The van der Waals surface area contributed by atoms with Crippen molar-refractivity contribution < 1.29 is 23.7 Å². The normalized spacial score (nSPS) is 21.1. The van der Waals surface area contributed by atoms with Crippen molar-refractivity contribution in [3.63, 3.8) is 0 Å². The van der Waals surface area contributed by atoms with Gasteiger partial charge in [-0.1, -0.05) is 6.07 Å². The van der Waals surface area contributed by atoms with Gasteiger partial charge in [0, 0.05) is 7.11 Å². The van der Waals surface area contributed by atoms with E-state index in [1.165, 1.54) is 0 Å². The minimum Gasteiger partial charge on any atom is -0.493 e. The van der Waals surface area contributed by atoms with Crippen LogP contribution in [0.15, 0.2) is 18.2 Å². The van der Waals surface area contributed by atoms with Crippen molar-refractivity contribution in [2.75, 3.05) is 21.3 Å². The summed E-state index contributed by atoms with van der Waals surface area (Å²) in [5, 5.41) is 0. The Balaban J connectivity index is 1.96. The van der Waals surface area contributed by atoms with E-state index in [0.29, 0.717) is 11.5 Å². The molecule has 1 saturated carbocycles. The SMILES string of the molecule is COc1ccc(CC(=O)O[C@H]2CCC[C@H]2OC)cc1OC. The number of methoxy groups -OCH3 is 3. The van der Waals surface area contributed by atoms with Crippen LogP contribution in [-0.2, 0) is 20.7 Å². The molecule has 2 rings (SSSR count). The average molecular weight is 294 g/mol. The molecule has 2 atom stereocenters. The van der Waals surface area contributed by atoms with Crippen molar-refractivity contribution in [3.8, 4) is 11.5 Å². The number of hydrogen-bond donors (Lipinski definition) is 0. The van der Waals surface area contributed by atoms with Crippen LogP contribution in [0.5, 0.6) is 11.5 Å². The van der Waals surface area contributed by atoms with E-state index in [4.69, 9.17) is 18.9 Å². The van der Waals surface area contributed by atoms with E-state index in [1.54, 1.807) is 33.5 Å². The summed E-state index contributed by atoms with van der Waals surface area (Å²) < 4.78 is 21.2. The van der Waals surface area contributed by atoms with Gasteiger partial charge in [0.2, 0.25) is 0 Å². The van der Waals surface area contributed by atoms with E-state index in [2.05, 4.69) is 0 Å². The lowest BCUT2D eigenvalue weighted by Crippen LogP contribution is -2.28. The summed E-state index contributed by atoms with van der Waals surface area (Å²) in [6.07, 6.45) is 2.98. The molecule has 0 unspecified atom stereocenters. The molecule has 0 spiro atoms. The van der Waals surface area contributed by atoms with Gasteiger partial charge in [-0.05, 0) is 37.0 Å². The molecule has 0 heterocycles. The third-order valence-corrected chi connectivity index (χ3v) is 3.77. The van der Waals surface area contributed by atoms with Crippen molar-refractivity contribution >= 4 is 5.97 Å². The maximum absolute atomic E-state index is 12.0. The van der Waals surface area contributed by atoms with Crippen LogP contribution in [0.2, 0.25) is 0 Å². The molecular weight excluding hydrogens is 272 g/mol. The number of carbonyl (C=O) groups is 1. The smallest absolute Gasteiger partial charge is 0.310 e. The predicted molar refractivity (Wildman–Crippen MR) is 77.8 cm³/mol. The van der Waals surface area contributed by atoms with Crippen molar-refractivity contribution in [1.82, 2.24) is 0 Å². The van der Waals surface area contributed by atoms with Crippen LogP contribution in [0.1, 0.15) is 24.8 Å². The Hall–Kier alpha value is -1.75. The van der Waals surface area contributed by atoms with Crippen LogP contribution in [0.4, 0.5) is 0 Å². The third-order valence-electron chi connectivity index (χ3n) is 3.77. The maximum atomic E-state index is 12.0. The van der Waals surface area contributed by atoms with E-state index in [-0.39, 0.29) is 24.6 Å². The van der Waals surface area contributed by atoms with Gasteiger partial charge in [-0.2, -0.15) is 0 Å². The van der Waals surface area contributed by atoms with Gasteiger partial charge in [0.1, 0.15) is 6.10 Å². The van der Waals surface area contributed by atoms with E-state index >= 15 is 0 Å². The summed E-state index contributed by atoms with van der Waals surface area (Å²) in [6.45, 7) is 0. The molecule has 1 aromatic rings. The Morgan fingerprint density at radius 2 is 1.81 bits per heavy atom. The molecule has 0 aliphatic heterocycles. The number of rotatable bonds is 6. The van der Waals surface area contributed by atoms with Crippen LogP contribution >= 0.6 is 0 Å². The summed E-state index contributed by atoms with van der Waals surface area (Å²) >= 11 is 0. The molecule has 1 fully saturated rings. The molecule has 21 heavy (non-hydrogen) atoms. The van der Waals surface area contributed by atoms with Crippen molar-refractivity contribution in [2.24, 2.45) is 0 Å². The summed E-state index contributed by atoms with van der Waals surface area (Å²) in [4.78, 5) is 12.0. The van der Waals surface area contributed by atoms with Crippen molar-refractivity contribution in [1.29, 1.82) is 0 Å². The fourth-order valence-electron chi connectivity index (χ4n) is 2.66. The molecule has 0 aromatic heterocycles. The molecule has 116 valence electrons. The van der Waals surface area contributed by atoms with Crippen LogP contribution in [0, 0.1) is 0 Å². The topological polar surface area (TPSA) is 54.0 Å². The zero-order valence-electron chi connectivity index (χ0n) is 12.8. The van der Waals surface area contributed by atoms with E-state index in [0.717, 1.165) is 24.8 Å². The van der Waals surface area contributed by atoms with Gasteiger partial charge in [-0.3, -0.25) is 4.79 Å². The highest BCUT2D eigenvalue weighted by Crippen LogP contribution is 2.28. The number of ether oxygens (including phenoxy) is 4. The highest BCUT2D eigenvalue weighted by molar-refractivity contribution is 5.73. The van der Waals surface area contributed by atoms with Gasteiger partial charge in [0.05, 0.1) is 26.7 Å². The number of hydrogen-bond acceptors (Lipinski definition) is 5. The lowest BCUT2D eigenvalue weighted by atomic mass is 10.1. The van der Waals surface area contributed by atoms with Gasteiger partial charge in [-0.15, -0.1) is 0 Å². The second-order valence-corrected chi connectivity index (χ2v) is 5.10. The fraction of sp³-hybridized carbons (Fsp3) is 0.562. The van der Waals surface area contributed by atoms with Gasteiger partial charge < -0.3 is 18.9 Å². The Bertz CT molecular complexity index is 486. The van der Waals surface area contributed by atoms with Gasteiger partial charge in [0.25, 0.3) is 0 Å². The molecule has 0 bridgehead atoms. The summed E-state index contributed by atoms with van der Waals surface area (Å²) in [5.74, 6) is 1.01. The Labute approximate surface area is 125 Å². The number of esters is 1. The number of carbonyl (C=O) groups excluding carboxylic acids is 1. The fourth-order valence-corrected chi connectivity index (χ4v) is 2.66. The minimum atomic E-state index is -0.240. The first-order chi connectivity index (χ1) is 10.2. The Kier molecular flexibility index (Phi) is 5.44. The molecule has 5 heteroatoms. The molecule has 0 amide bonds. The summed E-state index contributed by atoms with van der Waals surface area (Å²) in [6, 6.07) is 5.42. The maximum Gasteiger partial charge on any atom is 0.310 e. The average Bonchev–Trinajstić information content (AvgIpc) is 2.94. The molecule has 5 nitrogen and oxygen atoms in total. The molecule has 1 aliphatic carbocycles. The van der Waals surface area contributed by atoms with Crippen LogP contribution in [-0.4, -0.2) is 39.5 Å².